The van der Waals surface area contributed by atoms with Crippen molar-refractivity contribution in [1.82, 2.24) is 9.88 Å². The Balaban J connectivity index is 1.97. The number of hydrogen-bond acceptors (Lipinski definition) is 4. The van der Waals surface area contributed by atoms with Gasteiger partial charge in [0.2, 0.25) is 0 Å². The summed E-state index contributed by atoms with van der Waals surface area (Å²) in [4.78, 5) is 19.5. The maximum atomic E-state index is 13.5. The molecular weight excluding hydrogens is 400 g/mol. The van der Waals surface area contributed by atoms with Crippen LogP contribution in [0.25, 0.3) is 0 Å². The minimum atomic E-state index is -0.148. The van der Waals surface area contributed by atoms with Crippen LogP contribution < -0.4 is 9.47 Å². The third-order valence-electron chi connectivity index (χ3n) is 4.77. The van der Waals surface area contributed by atoms with Gasteiger partial charge in [-0.3, -0.25) is 9.78 Å². The van der Waals surface area contributed by atoms with Crippen LogP contribution in [0.5, 0.6) is 11.5 Å². The molecule has 1 amide bonds. The number of methoxy groups -OCH3 is 1. The van der Waals surface area contributed by atoms with Gasteiger partial charge < -0.3 is 14.4 Å². The van der Waals surface area contributed by atoms with Crippen LogP contribution in [0.4, 0.5) is 0 Å². The van der Waals surface area contributed by atoms with Gasteiger partial charge in [0, 0.05) is 31.0 Å². The minimum Gasteiger partial charge on any atom is -0.493 e. The van der Waals surface area contributed by atoms with Gasteiger partial charge in [0.05, 0.1) is 18.7 Å². The first-order valence-electron chi connectivity index (χ1n) is 9.76. The molecule has 0 radical (unpaired) electrons. The van der Waals surface area contributed by atoms with Crippen molar-refractivity contribution < 1.29 is 14.3 Å². The van der Waals surface area contributed by atoms with Gasteiger partial charge in [0.25, 0.3) is 5.91 Å². The molecule has 0 aliphatic carbocycles. The van der Waals surface area contributed by atoms with E-state index in [1.807, 2.05) is 50.2 Å². The number of benzene rings is 2. The molecule has 30 heavy (non-hydrogen) atoms. The minimum absolute atomic E-state index is 0.148. The fourth-order valence-electron chi connectivity index (χ4n) is 3.21. The molecular formula is C24H25ClN2O3. The first-order valence-corrected chi connectivity index (χ1v) is 10.1. The number of pyridine rings is 1. The molecule has 0 aliphatic heterocycles. The first-order chi connectivity index (χ1) is 14.5. The lowest BCUT2D eigenvalue weighted by Gasteiger charge is -2.24. The van der Waals surface area contributed by atoms with E-state index in [4.69, 9.17) is 21.1 Å². The molecule has 0 saturated carbocycles. The number of ether oxygens (including phenoxy) is 2. The second-order valence-electron chi connectivity index (χ2n) is 6.87. The molecule has 156 valence electrons. The fourth-order valence-corrected chi connectivity index (χ4v) is 3.48. The largest absolute Gasteiger partial charge is 0.493 e. The molecule has 0 saturated heterocycles. The van der Waals surface area contributed by atoms with E-state index < -0.39 is 0 Å². The topological polar surface area (TPSA) is 51.7 Å². The second-order valence-corrected chi connectivity index (χ2v) is 7.28. The summed E-state index contributed by atoms with van der Waals surface area (Å²) in [5.74, 6) is 0.728. The number of amides is 1. The molecule has 0 bridgehead atoms. The molecule has 0 atom stereocenters. The van der Waals surface area contributed by atoms with Crippen LogP contribution in [0.15, 0.2) is 60.9 Å². The van der Waals surface area contributed by atoms with Crippen molar-refractivity contribution in [3.05, 3.63) is 88.2 Å². The lowest BCUT2D eigenvalue weighted by atomic mass is 10.1. The second kappa shape index (κ2) is 10.1. The van der Waals surface area contributed by atoms with Crippen LogP contribution in [0.1, 0.15) is 34.0 Å². The van der Waals surface area contributed by atoms with E-state index in [2.05, 4.69) is 4.98 Å². The molecule has 3 rings (SSSR count). The monoisotopic (exact) mass is 424 g/mol. The standard InChI is InChI=1S/C24H25ClN2O3/c1-4-30-23-21(25)12-20(13-22(23)29-3)24(28)27(15-18-9-7-11-26-14-18)16-19-10-6-5-8-17(19)2/h5-14H,4,15-16H2,1-3H3. The average Bonchev–Trinajstić information content (AvgIpc) is 2.76. The van der Waals surface area contributed by atoms with Crippen molar-refractivity contribution in [1.29, 1.82) is 0 Å². The molecule has 0 unspecified atom stereocenters. The van der Waals surface area contributed by atoms with Gasteiger partial charge in [-0.1, -0.05) is 41.9 Å². The summed E-state index contributed by atoms with van der Waals surface area (Å²) in [7, 11) is 1.53. The predicted molar refractivity (Wildman–Crippen MR) is 118 cm³/mol. The van der Waals surface area contributed by atoms with Crippen molar-refractivity contribution >= 4 is 17.5 Å². The molecule has 3 aromatic rings. The van der Waals surface area contributed by atoms with Gasteiger partial charge in [0.15, 0.2) is 11.5 Å². The van der Waals surface area contributed by atoms with Gasteiger partial charge >= 0.3 is 0 Å². The zero-order valence-corrected chi connectivity index (χ0v) is 18.1. The number of rotatable bonds is 8. The molecule has 0 aliphatic rings. The third-order valence-corrected chi connectivity index (χ3v) is 5.05. The summed E-state index contributed by atoms with van der Waals surface area (Å²) in [6.07, 6.45) is 3.48. The highest BCUT2D eigenvalue weighted by Crippen LogP contribution is 2.37. The summed E-state index contributed by atoms with van der Waals surface area (Å²) in [6.45, 7) is 5.25. The smallest absolute Gasteiger partial charge is 0.254 e. The zero-order valence-electron chi connectivity index (χ0n) is 17.4. The maximum Gasteiger partial charge on any atom is 0.254 e. The summed E-state index contributed by atoms with van der Waals surface area (Å²) in [6, 6.07) is 15.2. The molecule has 0 fully saturated rings. The number of carbonyl (C=O) groups excluding carboxylic acids is 1. The number of aromatic nitrogens is 1. The number of aryl methyl sites for hydroxylation is 1. The Morgan fingerprint density at radius 2 is 1.93 bits per heavy atom. The Morgan fingerprint density at radius 1 is 1.13 bits per heavy atom. The highest BCUT2D eigenvalue weighted by Gasteiger charge is 2.21. The van der Waals surface area contributed by atoms with Crippen molar-refractivity contribution in [2.45, 2.75) is 26.9 Å². The first kappa shape index (κ1) is 21.7. The highest BCUT2D eigenvalue weighted by molar-refractivity contribution is 6.32. The van der Waals surface area contributed by atoms with Gasteiger partial charge in [-0.05, 0) is 48.7 Å². The normalized spacial score (nSPS) is 10.5. The van der Waals surface area contributed by atoms with E-state index in [0.29, 0.717) is 41.8 Å². The van der Waals surface area contributed by atoms with E-state index in [1.165, 1.54) is 7.11 Å². The Hall–Kier alpha value is -3.05. The molecule has 2 aromatic carbocycles. The van der Waals surface area contributed by atoms with Gasteiger partial charge in [0.1, 0.15) is 0 Å². The summed E-state index contributed by atoms with van der Waals surface area (Å²) >= 11 is 6.40. The fraction of sp³-hybridized carbons (Fsp3) is 0.250. The number of carbonyl (C=O) groups is 1. The van der Waals surface area contributed by atoms with E-state index in [1.54, 1.807) is 29.4 Å². The SMILES string of the molecule is CCOc1c(Cl)cc(C(=O)N(Cc2cccnc2)Cc2ccccc2C)cc1OC. The van der Waals surface area contributed by atoms with Gasteiger partial charge in [-0.25, -0.2) is 0 Å². The Morgan fingerprint density at radius 3 is 2.60 bits per heavy atom. The molecule has 5 nitrogen and oxygen atoms in total. The van der Waals surface area contributed by atoms with Gasteiger partial charge in [-0.15, -0.1) is 0 Å². The Labute approximate surface area is 182 Å². The van der Waals surface area contributed by atoms with Crippen molar-refractivity contribution in [3.8, 4) is 11.5 Å². The van der Waals surface area contributed by atoms with Crippen molar-refractivity contribution in [2.24, 2.45) is 0 Å². The van der Waals surface area contributed by atoms with Crippen molar-refractivity contribution in [2.75, 3.05) is 13.7 Å². The molecule has 1 aromatic heterocycles. The molecule has 1 heterocycles. The summed E-state index contributed by atoms with van der Waals surface area (Å²) < 4.78 is 11.0. The summed E-state index contributed by atoms with van der Waals surface area (Å²) in [5, 5.41) is 0.344. The van der Waals surface area contributed by atoms with Crippen molar-refractivity contribution in [3.63, 3.8) is 0 Å². The van der Waals surface area contributed by atoms with E-state index in [-0.39, 0.29) is 5.91 Å². The highest BCUT2D eigenvalue weighted by atomic mass is 35.5. The van der Waals surface area contributed by atoms with Crippen LogP contribution in [0, 0.1) is 6.92 Å². The van der Waals surface area contributed by atoms with Crippen LogP contribution >= 0.6 is 11.6 Å². The van der Waals surface area contributed by atoms with Crippen LogP contribution in [0.2, 0.25) is 5.02 Å². The van der Waals surface area contributed by atoms with E-state index >= 15 is 0 Å². The zero-order chi connectivity index (χ0) is 21.5. The van der Waals surface area contributed by atoms with Gasteiger partial charge in [-0.2, -0.15) is 0 Å². The van der Waals surface area contributed by atoms with E-state index in [0.717, 1.165) is 16.7 Å². The number of halogens is 1. The Kier molecular flexibility index (Phi) is 7.31. The quantitative estimate of drug-likeness (QED) is 0.492. The maximum absolute atomic E-state index is 13.5. The molecule has 6 heteroatoms. The number of nitrogens with zero attached hydrogens (tertiary/aromatic N) is 2. The van der Waals surface area contributed by atoms with Crippen LogP contribution in [-0.4, -0.2) is 29.5 Å². The Bertz CT molecular complexity index is 1010. The van der Waals surface area contributed by atoms with Crippen LogP contribution in [-0.2, 0) is 13.1 Å². The van der Waals surface area contributed by atoms with E-state index in [9.17, 15) is 4.79 Å². The molecule has 0 N–H and O–H groups in total. The average molecular weight is 425 g/mol. The lowest BCUT2D eigenvalue weighted by Crippen LogP contribution is -2.30. The van der Waals surface area contributed by atoms with Crippen LogP contribution in [0.3, 0.4) is 0 Å². The summed E-state index contributed by atoms with van der Waals surface area (Å²) in [5.41, 5.74) is 3.60. The third kappa shape index (κ3) is 5.10. The lowest BCUT2D eigenvalue weighted by molar-refractivity contribution is 0.0729. The number of hydrogen-bond donors (Lipinski definition) is 0. The molecule has 0 spiro atoms. The predicted octanol–water partition coefficient (Wildman–Crippen LogP) is 5.29.